The zero-order valence-corrected chi connectivity index (χ0v) is 10.8. The van der Waals surface area contributed by atoms with Gasteiger partial charge in [0.25, 0.3) is 5.91 Å². The van der Waals surface area contributed by atoms with Crippen molar-refractivity contribution in [3.63, 3.8) is 0 Å². The van der Waals surface area contributed by atoms with Crippen LogP contribution < -0.4 is 5.32 Å². The van der Waals surface area contributed by atoms with Crippen LogP contribution in [0, 0.1) is 12.8 Å². The number of nitrogens with one attached hydrogen (secondary N) is 1. The Morgan fingerprint density at radius 2 is 2.47 bits per heavy atom. The van der Waals surface area contributed by atoms with Crippen molar-refractivity contribution in [2.24, 2.45) is 5.92 Å². The number of aryl methyl sites for hydroxylation is 2. The number of hydrogen-bond donors (Lipinski definition) is 1. The van der Waals surface area contributed by atoms with Crippen molar-refractivity contribution in [1.82, 2.24) is 19.9 Å². The Kier molecular flexibility index (Phi) is 3.06. The molecule has 1 atom stereocenters. The van der Waals surface area contributed by atoms with E-state index in [2.05, 4.69) is 19.9 Å². The molecule has 0 aromatic carbocycles. The van der Waals surface area contributed by atoms with Crippen molar-refractivity contribution in [3.05, 3.63) is 36.1 Å². The predicted molar refractivity (Wildman–Crippen MR) is 67.6 cm³/mol. The van der Waals surface area contributed by atoms with Gasteiger partial charge in [-0.2, -0.15) is 0 Å². The summed E-state index contributed by atoms with van der Waals surface area (Å²) < 4.78 is 7.20. The second-order valence-electron chi connectivity index (χ2n) is 4.86. The van der Waals surface area contributed by atoms with E-state index >= 15 is 0 Å². The lowest BCUT2D eigenvalue weighted by atomic mass is 9.98. The normalized spacial score (nSPS) is 18.1. The van der Waals surface area contributed by atoms with Crippen LogP contribution in [-0.4, -0.2) is 27.0 Å². The maximum absolute atomic E-state index is 11.9. The molecule has 0 radical (unpaired) electrons. The van der Waals surface area contributed by atoms with Crippen LogP contribution in [0.15, 0.2) is 23.2 Å². The molecule has 100 valence electrons. The summed E-state index contributed by atoms with van der Waals surface area (Å²) in [5, 5.41) is 2.92. The second-order valence-corrected chi connectivity index (χ2v) is 4.86. The molecule has 6 heteroatoms. The minimum Gasteiger partial charge on any atom is -0.448 e. The molecule has 6 nitrogen and oxygen atoms in total. The number of carbonyl (C=O) groups is 1. The van der Waals surface area contributed by atoms with E-state index < -0.39 is 0 Å². The first kappa shape index (κ1) is 12.0. The van der Waals surface area contributed by atoms with Gasteiger partial charge in [-0.1, -0.05) is 0 Å². The highest BCUT2D eigenvalue weighted by atomic mass is 16.3. The summed E-state index contributed by atoms with van der Waals surface area (Å²) in [6, 6.07) is 0. The van der Waals surface area contributed by atoms with Crippen LogP contribution in [0.3, 0.4) is 0 Å². The second kappa shape index (κ2) is 4.87. The lowest BCUT2D eigenvalue weighted by Gasteiger charge is -2.23. The van der Waals surface area contributed by atoms with Crippen molar-refractivity contribution >= 4 is 5.91 Å². The Bertz CT molecular complexity index is 587. The Hall–Kier alpha value is -2.11. The van der Waals surface area contributed by atoms with Gasteiger partial charge in [-0.3, -0.25) is 4.79 Å². The van der Waals surface area contributed by atoms with E-state index in [9.17, 15) is 4.79 Å². The topological polar surface area (TPSA) is 73.0 Å². The van der Waals surface area contributed by atoms with Gasteiger partial charge >= 0.3 is 0 Å². The van der Waals surface area contributed by atoms with Gasteiger partial charge in [0, 0.05) is 31.9 Å². The smallest absolute Gasteiger partial charge is 0.273 e. The molecule has 1 aliphatic rings. The third-order valence-electron chi connectivity index (χ3n) is 3.56. The predicted octanol–water partition coefficient (Wildman–Crippen LogP) is 1.17. The molecule has 1 amide bonds. The van der Waals surface area contributed by atoms with Crippen LogP contribution in [0.4, 0.5) is 0 Å². The lowest BCUT2D eigenvalue weighted by molar-refractivity contribution is 0.0938. The first-order valence-corrected chi connectivity index (χ1v) is 6.42. The van der Waals surface area contributed by atoms with E-state index in [1.54, 1.807) is 6.92 Å². The highest BCUT2D eigenvalue weighted by molar-refractivity contribution is 5.92. The number of amides is 1. The van der Waals surface area contributed by atoms with Crippen LogP contribution in [0.25, 0.3) is 0 Å². The average molecular weight is 260 g/mol. The summed E-state index contributed by atoms with van der Waals surface area (Å²) in [7, 11) is 0. The molecule has 0 fully saturated rings. The maximum atomic E-state index is 11.9. The third-order valence-corrected chi connectivity index (χ3v) is 3.56. The molecule has 0 saturated carbocycles. The molecule has 1 unspecified atom stereocenters. The van der Waals surface area contributed by atoms with Crippen LogP contribution in [-0.2, 0) is 13.0 Å². The molecular weight excluding hydrogens is 244 g/mol. The molecule has 19 heavy (non-hydrogen) atoms. The van der Waals surface area contributed by atoms with Crippen molar-refractivity contribution < 1.29 is 9.21 Å². The molecule has 0 saturated heterocycles. The van der Waals surface area contributed by atoms with Crippen LogP contribution >= 0.6 is 0 Å². The standard InChI is InChI=1S/C13H16N4O2/c1-9-12(16-8-19-9)13(18)15-7-10-2-4-17-5-3-14-11(17)6-10/h3,5,8,10H,2,4,6-7H2,1H3,(H,15,18). The summed E-state index contributed by atoms with van der Waals surface area (Å²) >= 11 is 0. The van der Waals surface area contributed by atoms with Crippen molar-refractivity contribution in [1.29, 1.82) is 0 Å². The molecule has 3 heterocycles. The van der Waals surface area contributed by atoms with Crippen LogP contribution in [0.1, 0.15) is 28.5 Å². The number of aromatic nitrogens is 3. The Labute approximate surface area is 110 Å². The number of fused-ring (bicyclic) bond motifs is 1. The number of hydrogen-bond acceptors (Lipinski definition) is 4. The van der Waals surface area contributed by atoms with E-state index in [-0.39, 0.29) is 5.91 Å². The van der Waals surface area contributed by atoms with E-state index in [0.29, 0.717) is 23.9 Å². The van der Waals surface area contributed by atoms with Gasteiger partial charge in [0.15, 0.2) is 12.1 Å². The highest BCUT2D eigenvalue weighted by Crippen LogP contribution is 2.18. The van der Waals surface area contributed by atoms with E-state index in [0.717, 1.165) is 25.2 Å². The molecule has 2 aromatic rings. The maximum Gasteiger partial charge on any atom is 0.273 e. The fraction of sp³-hybridized carbons (Fsp3) is 0.462. The largest absolute Gasteiger partial charge is 0.448 e. The summed E-state index contributed by atoms with van der Waals surface area (Å²) in [6.07, 6.45) is 7.09. The minimum atomic E-state index is -0.167. The summed E-state index contributed by atoms with van der Waals surface area (Å²) in [5.41, 5.74) is 0.373. The van der Waals surface area contributed by atoms with Crippen LogP contribution in [0.5, 0.6) is 0 Å². The fourth-order valence-electron chi connectivity index (χ4n) is 2.43. The van der Waals surface area contributed by atoms with Gasteiger partial charge in [-0.05, 0) is 19.3 Å². The van der Waals surface area contributed by atoms with Crippen molar-refractivity contribution in [2.45, 2.75) is 26.3 Å². The number of carbonyl (C=O) groups excluding carboxylic acids is 1. The van der Waals surface area contributed by atoms with Gasteiger partial charge in [-0.25, -0.2) is 9.97 Å². The lowest BCUT2D eigenvalue weighted by Crippen LogP contribution is -2.33. The minimum absolute atomic E-state index is 0.167. The highest BCUT2D eigenvalue weighted by Gasteiger charge is 2.21. The van der Waals surface area contributed by atoms with Crippen molar-refractivity contribution in [3.8, 4) is 0 Å². The van der Waals surface area contributed by atoms with Crippen molar-refractivity contribution in [2.75, 3.05) is 6.54 Å². The Morgan fingerprint density at radius 1 is 1.58 bits per heavy atom. The zero-order chi connectivity index (χ0) is 13.2. The Morgan fingerprint density at radius 3 is 3.26 bits per heavy atom. The summed E-state index contributed by atoms with van der Waals surface area (Å²) in [4.78, 5) is 20.1. The number of nitrogens with zero attached hydrogens (tertiary/aromatic N) is 3. The summed E-state index contributed by atoms with van der Waals surface area (Å²) in [6.45, 7) is 3.36. The molecule has 0 bridgehead atoms. The molecule has 1 N–H and O–H groups in total. The van der Waals surface area contributed by atoms with Gasteiger partial charge in [0.05, 0.1) is 0 Å². The van der Waals surface area contributed by atoms with E-state index in [1.807, 2.05) is 12.4 Å². The Balaban J connectivity index is 1.56. The molecule has 0 spiro atoms. The number of oxazole rings is 1. The first-order valence-electron chi connectivity index (χ1n) is 6.42. The van der Waals surface area contributed by atoms with Gasteiger partial charge in [0.2, 0.25) is 0 Å². The number of rotatable bonds is 3. The molecule has 0 aliphatic carbocycles. The van der Waals surface area contributed by atoms with Gasteiger partial charge < -0.3 is 14.3 Å². The van der Waals surface area contributed by atoms with Gasteiger partial charge in [-0.15, -0.1) is 0 Å². The monoisotopic (exact) mass is 260 g/mol. The number of imidazole rings is 1. The van der Waals surface area contributed by atoms with E-state index in [4.69, 9.17) is 4.42 Å². The van der Waals surface area contributed by atoms with E-state index in [1.165, 1.54) is 6.39 Å². The fourth-order valence-corrected chi connectivity index (χ4v) is 2.43. The zero-order valence-electron chi connectivity index (χ0n) is 10.8. The third kappa shape index (κ3) is 2.38. The van der Waals surface area contributed by atoms with Crippen LogP contribution in [0.2, 0.25) is 0 Å². The molecule has 1 aliphatic heterocycles. The quantitative estimate of drug-likeness (QED) is 0.899. The summed E-state index contributed by atoms with van der Waals surface area (Å²) in [5.74, 6) is 1.92. The average Bonchev–Trinajstić information content (AvgIpc) is 3.03. The molecule has 3 rings (SSSR count). The first-order chi connectivity index (χ1) is 9.24. The molecule has 2 aromatic heterocycles. The molecular formula is C13H16N4O2. The van der Waals surface area contributed by atoms with Gasteiger partial charge in [0.1, 0.15) is 11.6 Å². The SMILES string of the molecule is Cc1ocnc1C(=O)NCC1CCn2ccnc2C1.